The molecule has 0 amide bonds. The molecule has 1 saturated heterocycles. The largest absolute Gasteiger partial charge is 0.369 e. The van der Waals surface area contributed by atoms with E-state index in [1.807, 2.05) is 0 Å². The maximum absolute atomic E-state index is 13.3. The Morgan fingerprint density at radius 2 is 2.00 bits per heavy atom. The number of halogens is 1. The summed E-state index contributed by atoms with van der Waals surface area (Å²) in [6.45, 7) is 2.27. The minimum atomic E-state index is -0.191. The summed E-state index contributed by atoms with van der Waals surface area (Å²) in [7, 11) is 1.75. The molecule has 0 spiro atoms. The molecule has 154 valence electrons. The van der Waals surface area contributed by atoms with Crippen molar-refractivity contribution < 1.29 is 8.91 Å². The molecule has 30 heavy (non-hydrogen) atoms. The van der Waals surface area contributed by atoms with Gasteiger partial charge in [0.15, 0.2) is 23.3 Å². The lowest BCUT2D eigenvalue weighted by Crippen LogP contribution is -2.22. The van der Waals surface area contributed by atoms with Crippen molar-refractivity contribution in [3.05, 3.63) is 59.5 Å². The lowest BCUT2D eigenvalue weighted by atomic mass is 10.3. The highest BCUT2D eigenvalue weighted by Crippen LogP contribution is 2.46. The van der Waals surface area contributed by atoms with E-state index in [1.54, 1.807) is 30.2 Å². The molecule has 1 aliphatic carbocycles. The first-order chi connectivity index (χ1) is 14.6. The van der Waals surface area contributed by atoms with Crippen molar-refractivity contribution in [1.82, 2.24) is 34.2 Å². The summed E-state index contributed by atoms with van der Waals surface area (Å²) in [5.74, 6) is 1.85. The molecule has 2 aliphatic rings. The van der Waals surface area contributed by atoms with E-state index >= 15 is 0 Å². The molecule has 11 heteroatoms. The Morgan fingerprint density at radius 3 is 2.73 bits per heavy atom. The number of imidazole rings is 1. The number of rotatable bonds is 3. The molecule has 2 fully saturated rings. The van der Waals surface area contributed by atoms with Crippen LogP contribution in [-0.2, 0) is 13.6 Å². The Morgan fingerprint density at radius 1 is 1.20 bits per heavy atom. The minimum Gasteiger partial charge on any atom is -0.369 e. The fourth-order valence-corrected chi connectivity index (χ4v) is 3.81. The molecular weight excluding hydrogens is 391 g/mol. The number of pyridine rings is 1. The quantitative estimate of drug-likeness (QED) is 0.496. The maximum atomic E-state index is 13.3. The van der Waals surface area contributed by atoms with Gasteiger partial charge < -0.3 is 14.0 Å². The molecule has 2 atom stereocenters. The molecule has 10 nitrogen and oxygen atoms in total. The Balaban J connectivity index is 0.000000133. The van der Waals surface area contributed by atoms with Crippen LogP contribution in [-0.4, -0.2) is 47.3 Å². The topological polar surface area (TPSA) is 108 Å². The predicted octanol–water partition coefficient (Wildman–Crippen LogP) is 1.24. The van der Waals surface area contributed by atoms with Crippen LogP contribution in [0.2, 0.25) is 0 Å². The van der Waals surface area contributed by atoms with Gasteiger partial charge in [-0.2, -0.15) is 4.98 Å². The van der Waals surface area contributed by atoms with Gasteiger partial charge in [0.2, 0.25) is 5.89 Å². The molecule has 1 saturated carbocycles. The molecule has 6 rings (SSSR count). The van der Waals surface area contributed by atoms with Crippen LogP contribution in [0.4, 0.5) is 10.1 Å². The van der Waals surface area contributed by atoms with Crippen molar-refractivity contribution in [2.45, 2.75) is 13.0 Å². The second-order valence-electron chi connectivity index (χ2n) is 7.53. The van der Waals surface area contributed by atoms with Crippen molar-refractivity contribution >= 4 is 16.9 Å². The third kappa shape index (κ3) is 3.42. The van der Waals surface area contributed by atoms with Gasteiger partial charge >= 0.3 is 0 Å². The van der Waals surface area contributed by atoms with Crippen LogP contribution in [0.3, 0.4) is 0 Å². The predicted molar refractivity (Wildman–Crippen MR) is 104 cm³/mol. The zero-order valence-electron chi connectivity index (χ0n) is 16.2. The molecule has 0 unspecified atom stereocenters. The van der Waals surface area contributed by atoms with E-state index in [0.717, 1.165) is 30.6 Å². The summed E-state index contributed by atoms with van der Waals surface area (Å²) in [6, 6.07) is 1.76. The van der Waals surface area contributed by atoms with Gasteiger partial charge in [0, 0.05) is 26.3 Å². The first-order valence-electron chi connectivity index (χ1n) is 9.56. The highest BCUT2D eigenvalue weighted by Gasteiger charge is 2.45. The summed E-state index contributed by atoms with van der Waals surface area (Å²) in [4.78, 5) is 29.9. The van der Waals surface area contributed by atoms with Crippen LogP contribution in [0.15, 0.2) is 46.8 Å². The van der Waals surface area contributed by atoms with E-state index in [9.17, 15) is 9.18 Å². The highest BCUT2D eigenvalue weighted by molar-refractivity contribution is 5.68. The van der Waals surface area contributed by atoms with Crippen LogP contribution in [0.25, 0.3) is 11.2 Å². The van der Waals surface area contributed by atoms with Gasteiger partial charge in [0.25, 0.3) is 5.56 Å². The molecule has 0 aromatic carbocycles. The fourth-order valence-electron chi connectivity index (χ4n) is 3.81. The number of anilines is 1. The van der Waals surface area contributed by atoms with Crippen LogP contribution < -0.4 is 10.5 Å². The van der Waals surface area contributed by atoms with E-state index in [2.05, 4.69) is 30.0 Å². The van der Waals surface area contributed by atoms with Crippen LogP contribution in [0.5, 0.6) is 0 Å². The zero-order valence-corrected chi connectivity index (χ0v) is 16.2. The number of fused-ring (bicyclic) bond motifs is 2. The molecule has 5 heterocycles. The first kappa shape index (κ1) is 18.4. The van der Waals surface area contributed by atoms with Crippen molar-refractivity contribution in [2.75, 3.05) is 18.0 Å². The van der Waals surface area contributed by atoms with E-state index in [-0.39, 0.29) is 17.9 Å². The minimum absolute atomic E-state index is 0.187. The van der Waals surface area contributed by atoms with E-state index < -0.39 is 0 Å². The van der Waals surface area contributed by atoms with E-state index in [1.165, 1.54) is 29.8 Å². The smallest absolute Gasteiger partial charge is 0.280 e. The van der Waals surface area contributed by atoms with Gasteiger partial charge in [-0.05, 0) is 24.3 Å². The lowest BCUT2D eigenvalue weighted by Gasteiger charge is -2.20. The number of aromatic nitrogens is 7. The van der Waals surface area contributed by atoms with Crippen LogP contribution >= 0.6 is 0 Å². The Labute approximate surface area is 170 Å². The molecule has 0 bridgehead atoms. The maximum Gasteiger partial charge on any atom is 0.280 e. The molecule has 1 aliphatic heterocycles. The van der Waals surface area contributed by atoms with Crippen LogP contribution in [0.1, 0.15) is 12.3 Å². The first-order valence-corrected chi connectivity index (χ1v) is 9.56. The van der Waals surface area contributed by atoms with Crippen molar-refractivity contribution in [2.24, 2.45) is 18.9 Å². The summed E-state index contributed by atoms with van der Waals surface area (Å²) in [6.07, 6.45) is 8.55. The zero-order chi connectivity index (χ0) is 20.7. The summed E-state index contributed by atoms with van der Waals surface area (Å²) < 4.78 is 21.2. The standard InChI is InChI=1S/C10H11FN2.C9H8N6O2/c11-9-4-12-2-1-10(9)13-5-7-3-8(7)6-13;1-14-4-11-8-7(14)9(16)15(5-12-8)2-6-10-3-13-17-6/h1-2,4,7-8H,3,5-6H2;3-5H,2H2,1H3/t7-,8+;. The van der Waals surface area contributed by atoms with Crippen molar-refractivity contribution in [1.29, 1.82) is 0 Å². The summed E-state index contributed by atoms with van der Waals surface area (Å²) in [5, 5.41) is 3.48. The van der Waals surface area contributed by atoms with E-state index in [0.29, 0.717) is 17.1 Å². The SMILES string of the molecule is Cn1cnc2ncn(Cc3ncno3)c(=O)c21.Fc1cnccc1N1C[C@H]2C[C@H]2C1. The van der Waals surface area contributed by atoms with E-state index in [4.69, 9.17) is 4.52 Å². The van der Waals surface area contributed by atoms with Crippen LogP contribution in [0, 0.1) is 17.7 Å². The molecular formula is C19H19FN8O2. The second kappa shape index (κ2) is 7.32. The third-order valence-corrected chi connectivity index (χ3v) is 5.48. The Kier molecular flexibility index (Phi) is 4.49. The summed E-state index contributed by atoms with van der Waals surface area (Å²) in [5.41, 5.74) is 1.42. The van der Waals surface area contributed by atoms with Crippen molar-refractivity contribution in [3.63, 3.8) is 0 Å². The normalized spacial score (nSPS) is 19.5. The summed E-state index contributed by atoms with van der Waals surface area (Å²) >= 11 is 0. The lowest BCUT2D eigenvalue weighted by molar-refractivity contribution is 0.368. The van der Waals surface area contributed by atoms with Crippen molar-refractivity contribution in [3.8, 4) is 0 Å². The highest BCUT2D eigenvalue weighted by atomic mass is 19.1. The number of piperidine rings is 1. The second-order valence-corrected chi connectivity index (χ2v) is 7.53. The number of hydrogen-bond acceptors (Lipinski definition) is 8. The molecule has 4 aromatic rings. The van der Waals surface area contributed by atoms with Gasteiger partial charge in [0.05, 0.1) is 18.2 Å². The Bertz CT molecular complexity index is 1230. The number of hydrogen-bond donors (Lipinski definition) is 0. The average Bonchev–Trinajstić information content (AvgIpc) is 3.14. The Hall–Kier alpha value is -3.63. The molecule has 0 radical (unpaired) electrons. The fraction of sp³-hybridized carbons (Fsp3) is 0.368. The van der Waals surface area contributed by atoms with Gasteiger partial charge in [-0.1, -0.05) is 5.16 Å². The average molecular weight is 410 g/mol. The molecule has 0 N–H and O–H groups in total. The van der Waals surface area contributed by atoms with Gasteiger partial charge in [-0.25, -0.2) is 14.4 Å². The number of nitrogens with zero attached hydrogens (tertiary/aromatic N) is 8. The number of aryl methyl sites for hydroxylation is 1. The third-order valence-electron chi connectivity index (χ3n) is 5.48. The van der Waals surface area contributed by atoms with Gasteiger partial charge in [-0.15, -0.1) is 0 Å². The van der Waals surface area contributed by atoms with Gasteiger partial charge in [-0.3, -0.25) is 14.3 Å². The van der Waals surface area contributed by atoms with Gasteiger partial charge in [0.1, 0.15) is 12.9 Å². The monoisotopic (exact) mass is 410 g/mol. The molecule has 4 aromatic heterocycles.